The van der Waals surface area contributed by atoms with Gasteiger partial charge >= 0.3 is 5.97 Å². The van der Waals surface area contributed by atoms with E-state index in [0.29, 0.717) is 12.0 Å². The molecule has 0 unspecified atom stereocenters. The molecule has 1 N–H and O–H groups in total. The second-order valence-corrected chi connectivity index (χ2v) is 6.64. The summed E-state index contributed by atoms with van der Waals surface area (Å²) in [6, 6.07) is 5.92. The van der Waals surface area contributed by atoms with Crippen LogP contribution in [0, 0.1) is 0 Å². The maximum atomic E-state index is 12.2. The van der Waals surface area contributed by atoms with Crippen LogP contribution in [0.5, 0.6) is 0 Å². The molecule has 21 heavy (non-hydrogen) atoms. The van der Waals surface area contributed by atoms with Gasteiger partial charge in [0.25, 0.3) is 0 Å². The lowest BCUT2D eigenvalue weighted by Gasteiger charge is -2.05. The van der Waals surface area contributed by atoms with Gasteiger partial charge in [-0.05, 0) is 29.7 Å². The van der Waals surface area contributed by atoms with Gasteiger partial charge in [0, 0.05) is 12.4 Å². The van der Waals surface area contributed by atoms with Gasteiger partial charge in [-0.15, -0.1) is 0 Å². The number of carboxylic acids is 1. The van der Waals surface area contributed by atoms with Crippen LogP contribution in [0.2, 0.25) is 0 Å². The zero-order valence-electron chi connectivity index (χ0n) is 11.1. The van der Waals surface area contributed by atoms with Crippen LogP contribution in [0.15, 0.2) is 47.9 Å². The van der Waals surface area contributed by atoms with E-state index >= 15 is 0 Å². The number of aromatic nitrogens is 2. The lowest BCUT2D eigenvalue weighted by atomic mass is 10.2. The molecule has 0 saturated heterocycles. The van der Waals surface area contributed by atoms with E-state index in [0.717, 1.165) is 5.56 Å². The number of nitrogens with zero attached hydrogens (tertiary/aromatic N) is 2. The molecule has 2 aromatic rings. The maximum Gasteiger partial charge on any atom is 0.307 e. The van der Waals surface area contributed by atoms with Crippen molar-refractivity contribution in [2.24, 2.45) is 0 Å². The Hall–Kier alpha value is -2.28. The van der Waals surface area contributed by atoms with Gasteiger partial charge in [0.05, 0.1) is 17.1 Å². The minimum absolute atomic E-state index is 0.0430. The number of carbonyl (C=O) groups is 1. The third-order valence-electron chi connectivity index (χ3n) is 2.91. The molecule has 110 valence electrons. The highest BCUT2D eigenvalue weighted by molar-refractivity contribution is 7.91. The summed E-state index contributed by atoms with van der Waals surface area (Å²) in [5.41, 5.74) is 1.32. The summed E-state index contributed by atoms with van der Waals surface area (Å²) >= 11 is 0. The number of rotatable bonds is 6. The fourth-order valence-corrected chi connectivity index (χ4v) is 3.11. The van der Waals surface area contributed by atoms with E-state index in [1.54, 1.807) is 12.4 Å². The zero-order valence-corrected chi connectivity index (χ0v) is 12.0. The van der Waals surface area contributed by atoms with Crippen molar-refractivity contribution in [3.63, 3.8) is 0 Å². The van der Waals surface area contributed by atoms with Gasteiger partial charge in [-0.25, -0.2) is 18.4 Å². The first-order valence-electron chi connectivity index (χ1n) is 6.25. The Labute approximate surface area is 122 Å². The van der Waals surface area contributed by atoms with Crippen LogP contribution in [0.25, 0.3) is 0 Å². The van der Waals surface area contributed by atoms with Gasteiger partial charge in [-0.3, -0.25) is 4.79 Å². The Morgan fingerprint density at radius 1 is 1.05 bits per heavy atom. The fraction of sp³-hybridized carbons (Fsp3) is 0.214. The van der Waals surface area contributed by atoms with Crippen LogP contribution in [0.3, 0.4) is 0 Å². The molecule has 7 heteroatoms. The normalized spacial score (nSPS) is 11.2. The fourth-order valence-electron chi connectivity index (χ4n) is 1.82. The van der Waals surface area contributed by atoms with Crippen molar-refractivity contribution < 1.29 is 18.3 Å². The highest BCUT2D eigenvalue weighted by atomic mass is 32.2. The summed E-state index contributed by atoms with van der Waals surface area (Å²) in [6.45, 7) is 0. The molecule has 1 aromatic carbocycles. The number of benzene rings is 1. The molecule has 0 amide bonds. The molecule has 1 aromatic heterocycles. The largest absolute Gasteiger partial charge is 0.481 e. The highest BCUT2D eigenvalue weighted by Gasteiger charge is 2.14. The van der Waals surface area contributed by atoms with Crippen LogP contribution in [-0.4, -0.2) is 35.2 Å². The summed E-state index contributed by atoms with van der Waals surface area (Å²) in [6.07, 6.45) is 4.76. The molecule has 0 aliphatic rings. The van der Waals surface area contributed by atoms with Crippen LogP contribution >= 0.6 is 0 Å². The molecule has 0 radical (unpaired) electrons. The van der Waals surface area contributed by atoms with Gasteiger partial charge in [0.2, 0.25) is 0 Å². The number of aliphatic carboxylic acids is 1. The Balaban J connectivity index is 2.07. The molecule has 0 atom stereocenters. The number of sulfone groups is 1. The Morgan fingerprint density at radius 2 is 1.67 bits per heavy atom. The average molecular weight is 306 g/mol. The molecule has 0 aliphatic carbocycles. The van der Waals surface area contributed by atoms with E-state index in [1.807, 2.05) is 0 Å². The Bertz CT molecular complexity index is 712. The van der Waals surface area contributed by atoms with Gasteiger partial charge in [-0.1, -0.05) is 12.1 Å². The first-order chi connectivity index (χ1) is 9.97. The number of aryl methyl sites for hydroxylation is 1. The van der Waals surface area contributed by atoms with E-state index < -0.39 is 15.8 Å². The zero-order chi connectivity index (χ0) is 15.3. The van der Waals surface area contributed by atoms with Crippen LogP contribution in [-0.2, 0) is 27.5 Å². The van der Waals surface area contributed by atoms with Gasteiger partial charge in [-0.2, -0.15) is 0 Å². The molecular formula is C14H14N2O4S. The third kappa shape index (κ3) is 4.35. The Morgan fingerprint density at radius 3 is 2.24 bits per heavy atom. The Kier molecular flexibility index (Phi) is 4.64. The van der Waals surface area contributed by atoms with Crippen molar-refractivity contribution >= 4 is 15.8 Å². The predicted octanol–water partition coefficient (Wildman–Crippen LogP) is 1.12. The molecular weight excluding hydrogens is 292 g/mol. The molecule has 0 aliphatic heterocycles. The first kappa shape index (κ1) is 15.1. The van der Waals surface area contributed by atoms with E-state index in [1.165, 1.54) is 30.6 Å². The number of carboxylic acid groups (broad SMARTS) is 1. The minimum Gasteiger partial charge on any atom is -0.481 e. The molecule has 0 fully saturated rings. The lowest BCUT2D eigenvalue weighted by molar-refractivity contribution is -0.136. The van der Waals surface area contributed by atoms with Crippen molar-refractivity contribution in [3.05, 3.63) is 54.1 Å². The highest BCUT2D eigenvalue weighted by Crippen LogP contribution is 2.14. The quantitative estimate of drug-likeness (QED) is 0.859. The van der Waals surface area contributed by atoms with Crippen molar-refractivity contribution in [3.8, 4) is 0 Å². The predicted molar refractivity (Wildman–Crippen MR) is 75.6 cm³/mol. The molecule has 0 bridgehead atoms. The van der Waals surface area contributed by atoms with Gasteiger partial charge < -0.3 is 5.11 Å². The molecule has 2 rings (SSSR count). The van der Waals surface area contributed by atoms with Crippen molar-refractivity contribution in [1.29, 1.82) is 0 Å². The SMILES string of the molecule is O=C(O)Cc1ccc(S(=O)(=O)CCc2cncnc2)cc1. The van der Waals surface area contributed by atoms with Gasteiger partial charge in [0.15, 0.2) is 9.84 Å². The van der Waals surface area contributed by atoms with E-state index in [-0.39, 0.29) is 17.1 Å². The first-order valence-corrected chi connectivity index (χ1v) is 7.90. The number of hydrogen-bond acceptors (Lipinski definition) is 5. The summed E-state index contributed by atoms with van der Waals surface area (Å²) in [7, 11) is -3.41. The standard InChI is InChI=1S/C14H14N2O4S/c17-14(18)7-11-1-3-13(4-2-11)21(19,20)6-5-12-8-15-10-16-9-12/h1-4,8-10H,5-7H2,(H,17,18). The maximum absolute atomic E-state index is 12.2. The second kappa shape index (κ2) is 6.45. The van der Waals surface area contributed by atoms with E-state index in [4.69, 9.17) is 5.11 Å². The van der Waals surface area contributed by atoms with E-state index in [9.17, 15) is 13.2 Å². The van der Waals surface area contributed by atoms with Crippen molar-refractivity contribution in [2.45, 2.75) is 17.7 Å². The molecule has 6 nitrogen and oxygen atoms in total. The third-order valence-corrected chi connectivity index (χ3v) is 4.64. The van der Waals surface area contributed by atoms with Crippen LogP contribution in [0.4, 0.5) is 0 Å². The monoisotopic (exact) mass is 306 g/mol. The van der Waals surface area contributed by atoms with Crippen LogP contribution < -0.4 is 0 Å². The summed E-state index contributed by atoms with van der Waals surface area (Å²) in [5.74, 6) is -0.992. The summed E-state index contributed by atoms with van der Waals surface area (Å²) in [4.78, 5) is 18.4. The second-order valence-electron chi connectivity index (χ2n) is 4.53. The minimum atomic E-state index is -3.41. The average Bonchev–Trinajstić information content (AvgIpc) is 2.46. The summed E-state index contributed by atoms with van der Waals surface area (Å²) < 4.78 is 24.4. The topological polar surface area (TPSA) is 97.2 Å². The molecule has 0 saturated carbocycles. The van der Waals surface area contributed by atoms with E-state index in [2.05, 4.69) is 9.97 Å². The van der Waals surface area contributed by atoms with Gasteiger partial charge in [0.1, 0.15) is 6.33 Å². The smallest absolute Gasteiger partial charge is 0.307 e. The molecule has 1 heterocycles. The van der Waals surface area contributed by atoms with Crippen LogP contribution in [0.1, 0.15) is 11.1 Å². The van der Waals surface area contributed by atoms with Crippen molar-refractivity contribution in [2.75, 3.05) is 5.75 Å². The number of hydrogen-bond donors (Lipinski definition) is 1. The van der Waals surface area contributed by atoms with Crippen molar-refractivity contribution in [1.82, 2.24) is 9.97 Å². The summed E-state index contributed by atoms with van der Waals surface area (Å²) in [5, 5.41) is 8.68. The lowest BCUT2D eigenvalue weighted by Crippen LogP contribution is -2.10. The molecule has 0 spiro atoms.